The zero-order valence-electron chi connectivity index (χ0n) is 11.2. The molecule has 0 saturated carbocycles. The lowest BCUT2D eigenvalue weighted by atomic mass is 9.99. The molecule has 1 amide bonds. The number of pyridine rings is 1. The molecule has 19 heavy (non-hydrogen) atoms. The first-order valence-electron chi connectivity index (χ1n) is 6.07. The van der Waals surface area contributed by atoms with E-state index in [1.807, 2.05) is 6.92 Å². The molecule has 104 valence electrons. The van der Waals surface area contributed by atoms with E-state index in [-0.39, 0.29) is 17.0 Å². The number of amides is 1. The van der Waals surface area contributed by atoms with Crippen LogP contribution in [0.25, 0.3) is 0 Å². The van der Waals surface area contributed by atoms with Gasteiger partial charge >= 0.3 is 5.97 Å². The lowest BCUT2D eigenvalue weighted by Crippen LogP contribution is -2.45. The Balaban J connectivity index is 2.90. The van der Waals surface area contributed by atoms with Crippen molar-refractivity contribution < 1.29 is 14.7 Å². The van der Waals surface area contributed by atoms with Crippen molar-refractivity contribution in [2.45, 2.75) is 26.3 Å². The number of hydrogen-bond acceptors (Lipinski definition) is 3. The molecule has 1 aromatic rings. The minimum atomic E-state index is -1.06. The Morgan fingerprint density at radius 3 is 2.53 bits per heavy atom. The number of aryl methyl sites for hydroxylation is 1. The summed E-state index contributed by atoms with van der Waals surface area (Å²) in [7, 11) is 1.53. The average Bonchev–Trinajstić information content (AvgIpc) is 2.37. The van der Waals surface area contributed by atoms with Crippen molar-refractivity contribution in [2.24, 2.45) is 13.0 Å². The van der Waals surface area contributed by atoms with Crippen LogP contribution in [0.1, 0.15) is 30.6 Å². The van der Waals surface area contributed by atoms with E-state index < -0.39 is 17.9 Å². The molecule has 2 atom stereocenters. The zero-order chi connectivity index (χ0) is 14.6. The maximum absolute atomic E-state index is 12.0. The third kappa shape index (κ3) is 3.67. The Morgan fingerprint density at radius 1 is 1.42 bits per heavy atom. The molecule has 0 aliphatic heterocycles. The number of carbonyl (C=O) groups is 2. The normalized spacial score (nSPS) is 13.6. The second kappa shape index (κ2) is 6.17. The van der Waals surface area contributed by atoms with Gasteiger partial charge in [0, 0.05) is 19.3 Å². The summed E-state index contributed by atoms with van der Waals surface area (Å²) in [6.45, 7) is 3.62. The van der Waals surface area contributed by atoms with Crippen LogP contribution in [-0.2, 0) is 11.8 Å². The quantitative estimate of drug-likeness (QED) is 0.817. The van der Waals surface area contributed by atoms with Crippen molar-refractivity contribution in [1.82, 2.24) is 9.88 Å². The third-order valence-corrected chi connectivity index (χ3v) is 3.11. The van der Waals surface area contributed by atoms with Crippen LogP contribution in [0.2, 0.25) is 0 Å². The molecular formula is C13H18N2O4. The average molecular weight is 266 g/mol. The number of nitrogens with one attached hydrogen (secondary N) is 1. The first-order valence-corrected chi connectivity index (χ1v) is 6.07. The number of carboxylic acids is 1. The van der Waals surface area contributed by atoms with Crippen molar-refractivity contribution in [3.63, 3.8) is 0 Å². The largest absolute Gasteiger partial charge is 0.480 e. The van der Waals surface area contributed by atoms with Gasteiger partial charge in [-0.25, -0.2) is 4.79 Å². The molecule has 0 aromatic carbocycles. The number of aliphatic carboxylic acids is 1. The van der Waals surface area contributed by atoms with Gasteiger partial charge in [-0.3, -0.25) is 9.59 Å². The first-order chi connectivity index (χ1) is 8.86. The Bertz CT molecular complexity index is 536. The summed E-state index contributed by atoms with van der Waals surface area (Å²) in [5.74, 6) is -1.73. The molecule has 1 aromatic heterocycles. The predicted molar refractivity (Wildman–Crippen MR) is 70.0 cm³/mol. The minimum absolute atomic E-state index is 0.172. The van der Waals surface area contributed by atoms with Crippen LogP contribution >= 0.6 is 0 Å². The van der Waals surface area contributed by atoms with E-state index in [1.165, 1.54) is 29.9 Å². The second-order valence-corrected chi connectivity index (χ2v) is 4.54. The highest BCUT2D eigenvalue weighted by Gasteiger charge is 2.25. The van der Waals surface area contributed by atoms with Gasteiger partial charge in [0.1, 0.15) is 6.04 Å². The summed E-state index contributed by atoms with van der Waals surface area (Å²) in [5, 5.41) is 11.6. The lowest BCUT2D eigenvalue weighted by molar-refractivity contribution is -0.140. The fraction of sp³-hybridized carbons (Fsp3) is 0.462. The van der Waals surface area contributed by atoms with E-state index in [1.54, 1.807) is 6.92 Å². The molecule has 0 spiro atoms. The van der Waals surface area contributed by atoms with Gasteiger partial charge in [0.05, 0.1) is 5.56 Å². The maximum atomic E-state index is 12.0. The van der Waals surface area contributed by atoms with Crippen molar-refractivity contribution in [2.75, 3.05) is 0 Å². The monoisotopic (exact) mass is 266 g/mol. The highest BCUT2D eigenvalue weighted by atomic mass is 16.4. The molecular weight excluding hydrogens is 248 g/mol. The van der Waals surface area contributed by atoms with Crippen molar-refractivity contribution in [1.29, 1.82) is 0 Å². The van der Waals surface area contributed by atoms with Crippen LogP contribution in [0, 0.1) is 5.92 Å². The van der Waals surface area contributed by atoms with E-state index in [0.717, 1.165) is 0 Å². The number of carbonyl (C=O) groups excluding carboxylic acids is 1. The van der Waals surface area contributed by atoms with Crippen LogP contribution in [0.4, 0.5) is 0 Å². The molecule has 0 fully saturated rings. The van der Waals surface area contributed by atoms with Crippen molar-refractivity contribution >= 4 is 11.9 Å². The van der Waals surface area contributed by atoms with Gasteiger partial charge in [0.25, 0.3) is 5.91 Å². The van der Waals surface area contributed by atoms with Gasteiger partial charge in [0.2, 0.25) is 5.56 Å². The van der Waals surface area contributed by atoms with Crippen LogP contribution in [-0.4, -0.2) is 27.6 Å². The van der Waals surface area contributed by atoms with Gasteiger partial charge < -0.3 is 15.0 Å². The second-order valence-electron chi connectivity index (χ2n) is 4.54. The number of nitrogens with zero attached hydrogens (tertiary/aromatic N) is 1. The summed E-state index contributed by atoms with van der Waals surface area (Å²) >= 11 is 0. The van der Waals surface area contributed by atoms with E-state index in [2.05, 4.69) is 5.32 Å². The predicted octanol–water partition coefficient (Wildman–Crippen LogP) is 0.614. The Morgan fingerprint density at radius 2 is 2.05 bits per heavy atom. The smallest absolute Gasteiger partial charge is 0.326 e. The molecule has 1 rings (SSSR count). The van der Waals surface area contributed by atoms with E-state index in [0.29, 0.717) is 6.42 Å². The summed E-state index contributed by atoms with van der Waals surface area (Å²) in [4.78, 5) is 34.3. The summed E-state index contributed by atoms with van der Waals surface area (Å²) in [6, 6.07) is 1.72. The molecule has 0 bridgehead atoms. The highest BCUT2D eigenvalue weighted by Crippen LogP contribution is 2.09. The number of carboxylic acid groups (broad SMARTS) is 1. The summed E-state index contributed by atoms with van der Waals surface area (Å²) < 4.78 is 1.27. The molecule has 6 heteroatoms. The molecule has 1 heterocycles. The van der Waals surface area contributed by atoms with Crippen LogP contribution < -0.4 is 10.9 Å². The van der Waals surface area contributed by atoms with E-state index in [9.17, 15) is 14.4 Å². The van der Waals surface area contributed by atoms with Crippen LogP contribution in [0.3, 0.4) is 0 Å². The molecule has 0 unspecified atom stereocenters. The van der Waals surface area contributed by atoms with E-state index in [4.69, 9.17) is 5.11 Å². The van der Waals surface area contributed by atoms with Gasteiger partial charge in [-0.1, -0.05) is 20.3 Å². The molecule has 0 aliphatic carbocycles. The van der Waals surface area contributed by atoms with Gasteiger partial charge in [-0.15, -0.1) is 0 Å². The third-order valence-electron chi connectivity index (χ3n) is 3.11. The number of aromatic nitrogens is 1. The molecule has 0 radical (unpaired) electrons. The SMILES string of the molecule is CC[C@H](C)[C@H](NC(=O)c1ccc(=O)n(C)c1)C(=O)O. The first kappa shape index (κ1) is 14.9. The Kier molecular flexibility index (Phi) is 4.86. The van der Waals surface area contributed by atoms with Gasteiger partial charge in [-0.05, 0) is 12.0 Å². The van der Waals surface area contributed by atoms with Gasteiger partial charge in [-0.2, -0.15) is 0 Å². The minimum Gasteiger partial charge on any atom is -0.480 e. The number of rotatable bonds is 5. The standard InChI is InChI=1S/C13H18N2O4/c1-4-8(2)11(13(18)19)14-12(17)9-5-6-10(16)15(3)7-9/h5-8,11H,4H2,1-3H3,(H,14,17)(H,18,19)/t8-,11-/m0/s1. The van der Waals surface area contributed by atoms with Crippen molar-refractivity contribution in [3.8, 4) is 0 Å². The Hall–Kier alpha value is -2.11. The Labute approximate surface area is 111 Å². The summed E-state index contributed by atoms with van der Waals surface area (Å²) in [6.07, 6.45) is 2.03. The summed E-state index contributed by atoms with van der Waals surface area (Å²) in [5.41, 5.74) is 0.0323. The number of hydrogen-bond donors (Lipinski definition) is 2. The molecule has 6 nitrogen and oxygen atoms in total. The highest BCUT2D eigenvalue weighted by molar-refractivity contribution is 5.96. The van der Waals surface area contributed by atoms with Crippen molar-refractivity contribution in [3.05, 3.63) is 34.2 Å². The topological polar surface area (TPSA) is 88.4 Å². The van der Waals surface area contributed by atoms with Gasteiger partial charge in [0.15, 0.2) is 0 Å². The fourth-order valence-corrected chi connectivity index (χ4v) is 1.64. The van der Waals surface area contributed by atoms with Crippen LogP contribution in [0.5, 0.6) is 0 Å². The fourth-order valence-electron chi connectivity index (χ4n) is 1.64. The molecule has 2 N–H and O–H groups in total. The van der Waals surface area contributed by atoms with E-state index >= 15 is 0 Å². The van der Waals surface area contributed by atoms with Crippen LogP contribution in [0.15, 0.2) is 23.1 Å². The lowest BCUT2D eigenvalue weighted by Gasteiger charge is -2.20. The maximum Gasteiger partial charge on any atom is 0.326 e. The molecule has 0 saturated heterocycles. The zero-order valence-corrected chi connectivity index (χ0v) is 11.2. The molecule has 0 aliphatic rings.